The molecule has 1 amide bonds. The lowest BCUT2D eigenvalue weighted by atomic mass is 10.1. The first-order valence-electron chi connectivity index (χ1n) is 10.4. The molecule has 0 aliphatic carbocycles. The Labute approximate surface area is 176 Å². The van der Waals surface area contributed by atoms with Crippen molar-refractivity contribution >= 4 is 17.6 Å². The molecule has 1 aromatic heterocycles. The molecule has 8 heteroatoms. The smallest absolute Gasteiger partial charge is 0.414 e. The summed E-state index contributed by atoms with van der Waals surface area (Å²) in [5.74, 6) is 0.305. The highest BCUT2D eigenvalue weighted by molar-refractivity contribution is 5.90. The maximum absolute atomic E-state index is 14.7. The van der Waals surface area contributed by atoms with E-state index in [0.29, 0.717) is 16.8 Å². The van der Waals surface area contributed by atoms with Gasteiger partial charge in [-0.3, -0.25) is 4.90 Å². The minimum Gasteiger partial charge on any atom is -0.441 e. The zero-order valence-electron chi connectivity index (χ0n) is 17.5. The van der Waals surface area contributed by atoms with Crippen LogP contribution in [0.4, 0.5) is 20.7 Å². The topological polar surface area (TPSA) is 77.9 Å². The van der Waals surface area contributed by atoms with Gasteiger partial charge in [0, 0.05) is 23.9 Å². The van der Waals surface area contributed by atoms with E-state index in [0.717, 1.165) is 38.4 Å². The summed E-state index contributed by atoms with van der Waals surface area (Å²) in [6.45, 7) is 8.22. The van der Waals surface area contributed by atoms with Crippen LogP contribution in [0.3, 0.4) is 0 Å². The van der Waals surface area contributed by atoms with Crippen molar-refractivity contribution in [2.45, 2.75) is 26.4 Å². The van der Waals surface area contributed by atoms with Crippen molar-refractivity contribution in [3.63, 3.8) is 0 Å². The van der Waals surface area contributed by atoms with E-state index in [1.807, 2.05) is 12.1 Å². The molecule has 1 aromatic carbocycles. The molecule has 1 atom stereocenters. The quantitative estimate of drug-likeness (QED) is 0.579. The first kappa shape index (κ1) is 22.0. The molecule has 0 spiro atoms. The highest BCUT2D eigenvalue weighted by atomic mass is 19.1. The second kappa shape index (κ2) is 10.4. The van der Waals surface area contributed by atoms with Crippen LogP contribution < -0.4 is 10.2 Å². The van der Waals surface area contributed by atoms with Gasteiger partial charge in [0.15, 0.2) is 0 Å². The Morgan fingerprint density at radius 3 is 2.70 bits per heavy atom. The van der Waals surface area contributed by atoms with Gasteiger partial charge in [-0.25, -0.2) is 14.2 Å². The first-order chi connectivity index (χ1) is 14.5. The molecule has 2 aromatic rings. The fourth-order valence-electron chi connectivity index (χ4n) is 3.45. The number of aliphatic hydroxyl groups is 1. The van der Waals surface area contributed by atoms with Crippen molar-refractivity contribution in [3.05, 3.63) is 42.3 Å². The normalized spacial score (nSPS) is 16.2. The summed E-state index contributed by atoms with van der Waals surface area (Å²) >= 11 is 0. The van der Waals surface area contributed by atoms with Crippen LogP contribution in [0.1, 0.15) is 20.3 Å². The molecule has 7 nitrogen and oxygen atoms in total. The van der Waals surface area contributed by atoms with Gasteiger partial charge in [-0.2, -0.15) is 0 Å². The monoisotopic (exact) mass is 416 g/mol. The molecule has 30 heavy (non-hydrogen) atoms. The summed E-state index contributed by atoms with van der Waals surface area (Å²) in [5, 5.41) is 12.4. The van der Waals surface area contributed by atoms with E-state index in [2.05, 4.69) is 29.0 Å². The summed E-state index contributed by atoms with van der Waals surface area (Å²) in [7, 11) is 0. The van der Waals surface area contributed by atoms with Crippen molar-refractivity contribution < 1.29 is 19.0 Å². The Morgan fingerprint density at radius 1 is 1.30 bits per heavy atom. The van der Waals surface area contributed by atoms with Crippen LogP contribution in [0, 0.1) is 5.82 Å². The lowest BCUT2D eigenvalue weighted by Crippen LogP contribution is -2.25. The fraction of sp³-hybridized carbons (Fsp3) is 0.455. The number of hydrogen-bond acceptors (Lipinski definition) is 6. The molecular formula is C22H29FN4O3. The Hall–Kier alpha value is -2.71. The minimum absolute atomic E-state index is 0.199. The fourth-order valence-corrected chi connectivity index (χ4v) is 3.45. The highest BCUT2D eigenvalue weighted by Crippen LogP contribution is 2.29. The van der Waals surface area contributed by atoms with Crippen molar-refractivity contribution in [2.24, 2.45) is 0 Å². The molecule has 0 unspecified atom stereocenters. The number of benzene rings is 1. The van der Waals surface area contributed by atoms with Crippen LogP contribution in [0.15, 0.2) is 36.5 Å². The number of amides is 1. The van der Waals surface area contributed by atoms with Crippen molar-refractivity contribution in [3.8, 4) is 11.1 Å². The summed E-state index contributed by atoms with van der Waals surface area (Å²) in [6.07, 6.45) is 1.49. The number of carbonyl (C=O) groups excluding carboxylic acids is 1. The molecule has 1 fully saturated rings. The molecule has 0 radical (unpaired) electrons. The van der Waals surface area contributed by atoms with E-state index in [1.165, 1.54) is 11.0 Å². The highest BCUT2D eigenvalue weighted by Gasteiger charge is 2.32. The molecule has 0 bridgehead atoms. The van der Waals surface area contributed by atoms with E-state index >= 15 is 0 Å². The van der Waals surface area contributed by atoms with Gasteiger partial charge in [-0.15, -0.1) is 0 Å². The lowest BCUT2D eigenvalue weighted by molar-refractivity contribution is 0.0963. The Bertz CT molecular complexity index is 843. The van der Waals surface area contributed by atoms with Crippen molar-refractivity contribution in [1.29, 1.82) is 0 Å². The standard InChI is InChI=1S/C22H29FN4O3/c1-3-26(4-2)11-5-10-24-21-9-6-16(13-25-21)19-8-7-17(12-20(19)23)27-14-18(15-28)30-22(27)29/h6-9,12-13,18,28H,3-5,10-11,14-15H2,1-2H3,(H,24,25)/t18-/m1/s1. The SMILES string of the molecule is CCN(CC)CCCNc1ccc(-c2ccc(N3C[C@H](CO)OC3=O)cc2F)cn1. The number of ether oxygens (including phenoxy) is 1. The second-order valence-corrected chi connectivity index (χ2v) is 7.20. The summed E-state index contributed by atoms with van der Waals surface area (Å²) < 4.78 is 19.7. The molecule has 3 rings (SSSR count). The van der Waals surface area contributed by atoms with Gasteiger partial charge in [-0.1, -0.05) is 13.8 Å². The van der Waals surface area contributed by atoms with E-state index in [9.17, 15) is 9.18 Å². The minimum atomic E-state index is -0.587. The largest absolute Gasteiger partial charge is 0.441 e. The zero-order chi connectivity index (χ0) is 21.5. The van der Waals surface area contributed by atoms with Gasteiger partial charge < -0.3 is 20.1 Å². The number of pyridine rings is 1. The van der Waals surface area contributed by atoms with Gasteiger partial charge >= 0.3 is 6.09 Å². The Morgan fingerprint density at radius 2 is 2.10 bits per heavy atom. The maximum atomic E-state index is 14.7. The number of cyclic esters (lactones) is 1. The molecule has 0 saturated carbocycles. The average Bonchev–Trinajstić information content (AvgIpc) is 3.15. The number of nitrogens with zero attached hydrogens (tertiary/aromatic N) is 3. The predicted molar refractivity (Wildman–Crippen MR) is 115 cm³/mol. The molecule has 162 valence electrons. The van der Waals surface area contributed by atoms with Gasteiger partial charge in [0.05, 0.1) is 18.8 Å². The van der Waals surface area contributed by atoms with Gasteiger partial charge in [-0.05, 0) is 56.4 Å². The van der Waals surface area contributed by atoms with Crippen LogP contribution in [0.5, 0.6) is 0 Å². The molecular weight excluding hydrogens is 387 g/mol. The molecule has 2 N–H and O–H groups in total. The third-order valence-corrected chi connectivity index (χ3v) is 5.27. The van der Waals surface area contributed by atoms with E-state index < -0.39 is 18.0 Å². The molecule has 1 aliphatic heterocycles. The van der Waals surface area contributed by atoms with Gasteiger partial charge in [0.1, 0.15) is 17.7 Å². The number of aromatic nitrogens is 1. The lowest BCUT2D eigenvalue weighted by Gasteiger charge is -2.17. The number of hydrogen-bond donors (Lipinski definition) is 2. The van der Waals surface area contributed by atoms with Gasteiger partial charge in [0.25, 0.3) is 0 Å². The molecule has 1 aliphatic rings. The number of halogens is 1. The first-order valence-corrected chi connectivity index (χ1v) is 10.4. The zero-order valence-corrected chi connectivity index (χ0v) is 17.5. The summed E-state index contributed by atoms with van der Waals surface area (Å²) in [4.78, 5) is 19.9. The predicted octanol–water partition coefficient (Wildman–Crippen LogP) is 3.35. The number of aliphatic hydroxyl groups excluding tert-OH is 1. The van der Waals surface area contributed by atoms with Crippen LogP contribution in [0.2, 0.25) is 0 Å². The Kier molecular flexibility index (Phi) is 7.59. The summed E-state index contributed by atoms with van der Waals surface area (Å²) in [5.41, 5.74) is 1.47. The van der Waals surface area contributed by atoms with E-state index in [4.69, 9.17) is 9.84 Å². The van der Waals surface area contributed by atoms with Crippen LogP contribution in [0.25, 0.3) is 11.1 Å². The third-order valence-electron chi connectivity index (χ3n) is 5.27. The third kappa shape index (κ3) is 5.25. The van der Waals surface area contributed by atoms with Gasteiger partial charge in [0.2, 0.25) is 0 Å². The van der Waals surface area contributed by atoms with Crippen molar-refractivity contribution in [2.75, 3.05) is 49.5 Å². The number of rotatable bonds is 10. The number of carbonyl (C=O) groups is 1. The van der Waals surface area contributed by atoms with E-state index in [1.54, 1.807) is 18.3 Å². The maximum Gasteiger partial charge on any atom is 0.414 e. The molecule has 1 saturated heterocycles. The summed E-state index contributed by atoms with van der Waals surface area (Å²) in [6, 6.07) is 8.25. The van der Waals surface area contributed by atoms with Crippen LogP contribution in [-0.4, -0.2) is 66.5 Å². The van der Waals surface area contributed by atoms with Crippen molar-refractivity contribution in [1.82, 2.24) is 9.88 Å². The number of nitrogens with one attached hydrogen (secondary N) is 1. The van der Waals surface area contributed by atoms with E-state index in [-0.39, 0.29) is 13.2 Å². The Balaban J connectivity index is 1.60. The number of anilines is 2. The second-order valence-electron chi connectivity index (χ2n) is 7.20. The average molecular weight is 416 g/mol. The molecule has 2 heterocycles. The van der Waals surface area contributed by atoms with Crippen LogP contribution in [-0.2, 0) is 4.74 Å². The van der Waals surface area contributed by atoms with Crippen LogP contribution >= 0.6 is 0 Å².